The van der Waals surface area contributed by atoms with E-state index in [2.05, 4.69) is 11.0 Å². The van der Waals surface area contributed by atoms with Gasteiger partial charge in [0.15, 0.2) is 0 Å². The van der Waals surface area contributed by atoms with Crippen molar-refractivity contribution in [2.24, 2.45) is 11.8 Å². The second kappa shape index (κ2) is 5.70. The highest BCUT2D eigenvalue weighted by Crippen LogP contribution is 2.36. The SMILES string of the molecule is O=C(O)C=Cc1ccccc1N(CC1CC1)CC1CC1. The van der Waals surface area contributed by atoms with Crippen LogP contribution in [-0.2, 0) is 4.79 Å². The van der Waals surface area contributed by atoms with Gasteiger partial charge >= 0.3 is 5.97 Å². The number of hydrogen-bond donors (Lipinski definition) is 1. The summed E-state index contributed by atoms with van der Waals surface area (Å²) in [6.07, 6.45) is 8.31. The number of para-hydroxylation sites is 1. The number of carboxylic acid groups (broad SMARTS) is 1. The quantitative estimate of drug-likeness (QED) is 0.773. The number of nitrogens with zero attached hydrogens (tertiary/aromatic N) is 1. The van der Waals surface area contributed by atoms with E-state index in [9.17, 15) is 4.79 Å². The molecule has 1 aromatic carbocycles. The molecule has 0 unspecified atom stereocenters. The molecule has 0 atom stereocenters. The second-order valence-corrected chi connectivity index (χ2v) is 6.02. The Labute approximate surface area is 119 Å². The van der Waals surface area contributed by atoms with Crippen LogP contribution in [0.4, 0.5) is 5.69 Å². The first kappa shape index (κ1) is 13.2. The molecule has 1 N–H and O–H groups in total. The molecule has 20 heavy (non-hydrogen) atoms. The summed E-state index contributed by atoms with van der Waals surface area (Å²) in [4.78, 5) is 13.2. The van der Waals surface area contributed by atoms with Gasteiger partial charge in [0.2, 0.25) is 0 Å². The molecule has 2 fully saturated rings. The van der Waals surface area contributed by atoms with Crippen LogP contribution in [0, 0.1) is 11.8 Å². The van der Waals surface area contributed by atoms with Crippen molar-refractivity contribution in [1.82, 2.24) is 0 Å². The van der Waals surface area contributed by atoms with Crippen molar-refractivity contribution < 1.29 is 9.90 Å². The fourth-order valence-electron chi connectivity index (χ4n) is 2.57. The Balaban J connectivity index is 1.81. The maximum atomic E-state index is 10.7. The molecule has 0 spiro atoms. The standard InChI is InChI=1S/C17H21NO2/c19-17(20)10-9-15-3-1-2-4-16(15)18(11-13-5-6-13)12-14-7-8-14/h1-4,9-10,13-14H,5-8,11-12H2,(H,19,20). The fraction of sp³-hybridized carbons (Fsp3) is 0.471. The lowest BCUT2D eigenvalue weighted by Crippen LogP contribution is -2.28. The molecular weight excluding hydrogens is 250 g/mol. The summed E-state index contributed by atoms with van der Waals surface area (Å²) in [7, 11) is 0. The molecule has 0 bridgehead atoms. The predicted molar refractivity (Wildman–Crippen MR) is 80.8 cm³/mol. The van der Waals surface area contributed by atoms with Gasteiger partial charge in [0, 0.05) is 24.9 Å². The molecule has 0 heterocycles. The Morgan fingerprint density at radius 2 is 1.75 bits per heavy atom. The van der Waals surface area contributed by atoms with Crippen LogP contribution in [0.15, 0.2) is 30.3 Å². The zero-order valence-electron chi connectivity index (χ0n) is 11.7. The maximum absolute atomic E-state index is 10.7. The van der Waals surface area contributed by atoms with Gasteiger partial charge in [0.05, 0.1) is 0 Å². The summed E-state index contributed by atoms with van der Waals surface area (Å²) in [5.74, 6) is 0.784. The number of rotatable bonds is 7. The molecule has 106 valence electrons. The van der Waals surface area contributed by atoms with Crippen molar-refractivity contribution in [2.75, 3.05) is 18.0 Å². The summed E-state index contributed by atoms with van der Waals surface area (Å²) in [6.45, 7) is 2.24. The minimum Gasteiger partial charge on any atom is -0.478 e. The van der Waals surface area contributed by atoms with Crippen LogP contribution in [0.1, 0.15) is 31.2 Å². The Morgan fingerprint density at radius 3 is 2.30 bits per heavy atom. The number of carboxylic acids is 1. The number of carbonyl (C=O) groups is 1. The van der Waals surface area contributed by atoms with Crippen molar-refractivity contribution in [3.63, 3.8) is 0 Å². The third-order valence-corrected chi connectivity index (χ3v) is 4.03. The molecule has 0 aliphatic heterocycles. The molecule has 3 rings (SSSR count). The van der Waals surface area contributed by atoms with E-state index in [0.29, 0.717) is 0 Å². The van der Waals surface area contributed by atoms with Gasteiger partial charge in [0.1, 0.15) is 0 Å². The first-order chi connectivity index (χ1) is 9.72. The van der Waals surface area contributed by atoms with Crippen LogP contribution in [0.25, 0.3) is 6.08 Å². The average Bonchev–Trinajstić information content (AvgIpc) is 3.31. The maximum Gasteiger partial charge on any atom is 0.328 e. The van der Waals surface area contributed by atoms with Gasteiger partial charge in [0.25, 0.3) is 0 Å². The van der Waals surface area contributed by atoms with Gasteiger partial charge in [-0.05, 0) is 55.2 Å². The van der Waals surface area contributed by atoms with Crippen molar-refractivity contribution in [3.05, 3.63) is 35.9 Å². The minimum atomic E-state index is -0.893. The molecule has 0 amide bonds. The van der Waals surface area contributed by atoms with E-state index in [1.54, 1.807) is 6.08 Å². The molecule has 2 saturated carbocycles. The summed E-state index contributed by atoms with van der Waals surface area (Å²) < 4.78 is 0. The second-order valence-electron chi connectivity index (χ2n) is 6.02. The van der Waals surface area contributed by atoms with E-state index in [-0.39, 0.29) is 0 Å². The Bertz CT molecular complexity index is 501. The summed E-state index contributed by atoms with van der Waals surface area (Å²) >= 11 is 0. The summed E-state index contributed by atoms with van der Waals surface area (Å²) in [6, 6.07) is 8.13. The average molecular weight is 271 g/mol. The molecule has 1 aromatic rings. The van der Waals surface area contributed by atoms with Crippen LogP contribution in [0.5, 0.6) is 0 Å². The minimum absolute atomic E-state index is 0.838. The van der Waals surface area contributed by atoms with Crippen LogP contribution >= 0.6 is 0 Å². The van der Waals surface area contributed by atoms with Crippen molar-refractivity contribution in [3.8, 4) is 0 Å². The number of benzene rings is 1. The molecule has 0 radical (unpaired) electrons. The van der Waals surface area contributed by atoms with E-state index < -0.39 is 5.97 Å². The normalized spacial score (nSPS) is 18.4. The van der Waals surface area contributed by atoms with Crippen LogP contribution in [-0.4, -0.2) is 24.2 Å². The third-order valence-electron chi connectivity index (χ3n) is 4.03. The number of aliphatic carboxylic acids is 1. The lowest BCUT2D eigenvalue weighted by molar-refractivity contribution is -0.131. The fourth-order valence-corrected chi connectivity index (χ4v) is 2.57. The largest absolute Gasteiger partial charge is 0.478 e. The van der Waals surface area contributed by atoms with E-state index in [0.717, 1.165) is 30.5 Å². The molecule has 3 nitrogen and oxygen atoms in total. The molecule has 2 aliphatic rings. The highest BCUT2D eigenvalue weighted by Gasteiger charge is 2.29. The topological polar surface area (TPSA) is 40.5 Å². The molecule has 0 saturated heterocycles. The van der Waals surface area contributed by atoms with Crippen LogP contribution in [0.3, 0.4) is 0 Å². The lowest BCUT2D eigenvalue weighted by atomic mass is 10.1. The zero-order valence-corrected chi connectivity index (χ0v) is 11.7. The first-order valence-electron chi connectivity index (χ1n) is 7.47. The van der Waals surface area contributed by atoms with E-state index in [1.807, 2.05) is 18.2 Å². The molecule has 0 aromatic heterocycles. The van der Waals surface area contributed by atoms with Crippen molar-refractivity contribution in [2.45, 2.75) is 25.7 Å². The molecule has 2 aliphatic carbocycles. The lowest BCUT2D eigenvalue weighted by Gasteiger charge is -2.26. The van der Waals surface area contributed by atoms with Crippen LogP contribution in [0.2, 0.25) is 0 Å². The summed E-state index contributed by atoms with van der Waals surface area (Å²) in [5.41, 5.74) is 2.19. The van der Waals surface area contributed by atoms with Gasteiger partial charge in [-0.15, -0.1) is 0 Å². The predicted octanol–water partition coefficient (Wildman–Crippen LogP) is 3.41. The Morgan fingerprint density at radius 1 is 1.15 bits per heavy atom. The highest BCUT2D eigenvalue weighted by molar-refractivity contribution is 5.87. The zero-order chi connectivity index (χ0) is 13.9. The van der Waals surface area contributed by atoms with Crippen molar-refractivity contribution in [1.29, 1.82) is 0 Å². The molecule has 3 heteroatoms. The summed E-state index contributed by atoms with van der Waals surface area (Å²) in [5, 5.41) is 8.81. The van der Waals surface area contributed by atoms with Gasteiger partial charge in [-0.1, -0.05) is 18.2 Å². The van der Waals surface area contributed by atoms with E-state index in [1.165, 1.54) is 37.4 Å². The number of hydrogen-bond acceptors (Lipinski definition) is 2. The third kappa shape index (κ3) is 3.62. The molecular formula is C17H21NO2. The van der Waals surface area contributed by atoms with E-state index in [4.69, 9.17) is 5.11 Å². The smallest absolute Gasteiger partial charge is 0.328 e. The van der Waals surface area contributed by atoms with Gasteiger partial charge in [-0.3, -0.25) is 0 Å². The first-order valence-corrected chi connectivity index (χ1v) is 7.47. The Hall–Kier alpha value is -1.77. The van der Waals surface area contributed by atoms with Gasteiger partial charge < -0.3 is 10.0 Å². The van der Waals surface area contributed by atoms with Gasteiger partial charge in [-0.25, -0.2) is 4.79 Å². The van der Waals surface area contributed by atoms with Crippen molar-refractivity contribution >= 4 is 17.7 Å². The van der Waals surface area contributed by atoms with Gasteiger partial charge in [-0.2, -0.15) is 0 Å². The Kier molecular flexibility index (Phi) is 3.77. The number of anilines is 1. The highest BCUT2D eigenvalue weighted by atomic mass is 16.4. The van der Waals surface area contributed by atoms with E-state index >= 15 is 0 Å². The van der Waals surface area contributed by atoms with Crippen LogP contribution < -0.4 is 4.90 Å². The monoisotopic (exact) mass is 271 g/mol.